The molecule has 11 nitrogen and oxygen atoms in total. The molecule has 270 valence electrons. The van der Waals surface area contributed by atoms with Crippen molar-refractivity contribution in [3.63, 3.8) is 0 Å². The topological polar surface area (TPSA) is 127 Å². The number of hydrogen-bond donors (Lipinski definition) is 2. The van der Waals surface area contributed by atoms with E-state index in [0.29, 0.717) is 19.6 Å². The quantitative estimate of drug-likeness (QED) is 0.201. The van der Waals surface area contributed by atoms with Crippen LogP contribution in [0.1, 0.15) is 53.1 Å². The lowest BCUT2D eigenvalue weighted by molar-refractivity contribution is -0.253. The number of ether oxygens (including phenoxy) is 4. The number of hydrogen-bond acceptors (Lipinski definition) is 9. The number of nitrogens with one attached hydrogen (secondary N) is 1. The monoisotopic (exact) mass is 705 g/mol. The molecule has 11 heteroatoms. The normalized spacial score (nSPS) is 22.4. The molecule has 0 saturated carbocycles. The number of nitrogens with zero attached hydrogens (tertiary/aromatic N) is 2. The number of benzene rings is 4. The van der Waals surface area contributed by atoms with E-state index in [1.54, 1.807) is 0 Å². The average molecular weight is 706 g/mol. The van der Waals surface area contributed by atoms with Crippen LogP contribution in [-0.4, -0.2) is 77.8 Å². The van der Waals surface area contributed by atoms with Crippen molar-refractivity contribution in [3.05, 3.63) is 131 Å². The van der Waals surface area contributed by atoms with E-state index in [9.17, 15) is 19.5 Å². The first kappa shape index (κ1) is 35.5. The summed E-state index contributed by atoms with van der Waals surface area (Å²) in [7, 11) is 0. The van der Waals surface area contributed by atoms with Crippen molar-refractivity contribution in [2.45, 2.75) is 57.1 Å². The Labute approximate surface area is 303 Å². The molecule has 0 radical (unpaired) electrons. The van der Waals surface area contributed by atoms with Gasteiger partial charge in [-0.2, -0.15) is 0 Å². The Hall–Kier alpha value is -4.91. The lowest BCUT2D eigenvalue weighted by Crippen LogP contribution is -2.44. The van der Waals surface area contributed by atoms with E-state index in [1.807, 2.05) is 103 Å². The summed E-state index contributed by atoms with van der Waals surface area (Å²) >= 11 is 0. The van der Waals surface area contributed by atoms with Crippen LogP contribution >= 0.6 is 0 Å². The summed E-state index contributed by atoms with van der Waals surface area (Å²) in [5.41, 5.74) is 6.17. The molecular formula is C41H43N3O8. The predicted octanol–water partition coefficient (Wildman–Crippen LogP) is 5.28. The van der Waals surface area contributed by atoms with E-state index in [1.165, 1.54) is 4.90 Å². The molecule has 4 aromatic rings. The first-order valence-electron chi connectivity index (χ1n) is 17.7. The third-order valence-corrected chi connectivity index (χ3v) is 9.77. The Kier molecular flexibility index (Phi) is 11.3. The Morgan fingerprint density at radius 1 is 0.827 bits per heavy atom. The molecule has 3 aliphatic heterocycles. The van der Waals surface area contributed by atoms with Gasteiger partial charge in [0, 0.05) is 31.6 Å². The smallest absolute Gasteiger partial charge is 0.408 e. The predicted molar refractivity (Wildman–Crippen MR) is 191 cm³/mol. The molecule has 4 aromatic carbocycles. The Morgan fingerprint density at radius 2 is 1.54 bits per heavy atom. The van der Waals surface area contributed by atoms with Crippen molar-refractivity contribution in [2.24, 2.45) is 0 Å². The highest BCUT2D eigenvalue weighted by Gasteiger charge is 2.40. The molecule has 3 heterocycles. The summed E-state index contributed by atoms with van der Waals surface area (Å²) in [5, 5.41) is 12.1. The van der Waals surface area contributed by atoms with E-state index >= 15 is 0 Å². The van der Waals surface area contributed by atoms with Gasteiger partial charge in [-0.3, -0.25) is 19.4 Å². The van der Waals surface area contributed by atoms with Gasteiger partial charge in [-0.1, -0.05) is 103 Å². The SMILES string of the molecule is O=C(NC1CC(=O)N(Cc2ccccc2-c2ccc([C@@H]3O[C@H](CN4CCOCC4)C[C@H](c4ccc(CO)cc4)O3)cc2)C1=O)OCc1ccccc1. The third-order valence-electron chi connectivity index (χ3n) is 9.77. The molecule has 0 aromatic heterocycles. The van der Waals surface area contributed by atoms with E-state index < -0.39 is 24.3 Å². The van der Waals surface area contributed by atoms with Crippen molar-refractivity contribution in [1.82, 2.24) is 15.1 Å². The van der Waals surface area contributed by atoms with Crippen LogP contribution in [0.25, 0.3) is 11.1 Å². The second-order valence-corrected chi connectivity index (χ2v) is 13.3. The van der Waals surface area contributed by atoms with E-state index in [2.05, 4.69) is 10.2 Å². The zero-order chi connectivity index (χ0) is 35.9. The maximum atomic E-state index is 13.3. The van der Waals surface area contributed by atoms with Gasteiger partial charge in [0.25, 0.3) is 5.91 Å². The lowest BCUT2D eigenvalue weighted by atomic mass is 9.97. The Morgan fingerprint density at radius 3 is 2.29 bits per heavy atom. The lowest BCUT2D eigenvalue weighted by Gasteiger charge is -2.39. The number of rotatable bonds is 11. The van der Waals surface area contributed by atoms with Gasteiger partial charge in [-0.15, -0.1) is 0 Å². The minimum absolute atomic E-state index is 0.0128. The second kappa shape index (κ2) is 16.6. The van der Waals surface area contributed by atoms with Crippen molar-refractivity contribution < 1.29 is 38.4 Å². The fourth-order valence-electron chi connectivity index (χ4n) is 6.90. The van der Waals surface area contributed by atoms with Crippen molar-refractivity contribution >= 4 is 17.9 Å². The van der Waals surface area contributed by atoms with Gasteiger partial charge < -0.3 is 29.4 Å². The van der Waals surface area contributed by atoms with Crippen LogP contribution in [0.15, 0.2) is 103 Å². The molecule has 7 rings (SSSR count). The van der Waals surface area contributed by atoms with Gasteiger partial charge >= 0.3 is 6.09 Å². The molecule has 3 aliphatic rings. The number of aliphatic hydroxyl groups excluding tert-OH is 1. The number of amides is 3. The first-order valence-corrected chi connectivity index (χ1v) is 17.7. The largest absolute Gasteiger partial charge is 0.445 e. The molecule has 3 saturated heterocycles. The van der Waals surface area contributed by atoms with Crippen LogP contribution in [0, 0.1) is 0 Å². The van der Waals surface area contributed by atoms with Gasteiger partial charge in [0.1, 0.15) is 12.6 Å². The molecular weight excluding hydrogens is 662 g/mol. The van der Waals surface area contributed by atoms with Gasteiger partial charge in [0.05, 0.1) is 45.0 Å². The summed E-state index contributed by atoms with van der Waals surface area (Å²) in [6, 6.07) is 31.8. The van der Waals surface area contributed by atoms with E-state index in [4.69, 9.17) is 18.9 Å². The number of likely N-dealkylation sites (tertiary alicyclic amines) is 1. The fourth-order valence-corrected chi connectivity index (χ4v) is 6.90. The van der Waals surface area contributed by atoms with Crippen LogP contribution in [0.2, 0.25) is 0 Å². The molecule has 0 aliphatic carbocycles. The highest BCUT2D eigenvalue weighted by molar-refractivity contribution is 6.06. The zero-order valence-electron chi connectivity index (χ0n) is 28.9. The van der Waals surface area contributed by atoms with Crippen LogP contribution in [0.5, 0.6) is 0 Å². The summed E-state index contributed by atoms with van der Waals surface area (Å²) in [4.78, 5) is 42.3. The highest BCUT2D eigenvalue weighted by atomic mass is 16.7. The van der Waals surface area contributed by atoms with Crippen molar-refractivity contribution in [3.8, 4) is 11.1 Å². The third kappa shape index (κ3) is 8.58. The van der Waals surface area contributed by atoms with E-state index in [-0.39, 0.29) is 44.3 Å². The van der Waals surface area contributed by atoms with Gasteiger partial charge in [0.2, 0.25) is 5.91 Å². The summed E-state index contributed by atoms with van der Waals surface area (Å²) in [5.74, 6) is -0.826. The average Bonchev–Trinajstić information content (AvgIpc) is 3.45. The second-order valence-electron chi connectivity index (χ2n) is 13.3. The summed E-state index contributed by atoms with van der Waals surface area (Å²) in [6.07, 6.45) is -0.998. The minimum Gasteiger partial charge on any atom is -0.445 e. The maximum Gasteiger partial charge on any atom is 0.408 e. The fraction of sp³-hybridized carbons (Fsp3) is 0.341. The van der Waals surface area contributed by atoms with Crippen molar-refractivity contribution in [2.75, 3.05) is 32.8 Å². The van der Waals surface area contributed by atoms with Crippen LogP contribution in [-0.2, 0) is 48.3 Å². The minimum atomic E-state index is -0.985. The standard InChI is InChI=1S/C41H43N3O8/c45-26-28-10-12-31(13-11-28)37-22-34(25-43-18-20-49-21-19-43)51-40(52-37)32-16-14-30(15-17-32)35-9-5-4-8-33(35)24-44-38(46)23-36(39(44)47)42-41(48)50-27-29-6-2-1-3-7-29/h1-17,34,36-37,40,45H,18-27H2,(H,42,48)/t34-,36?,37+,40+/m0/s1. The summed E-state index contributed by atoms with van der Waals surface area (Å²) in [6.45, 7) is 4.05. The molecule has 0 spiro atoms. The number of aliphatic hydroxyl groups is 1. The van der Waals surface area contributed by atoms with Gasteiger partial charge in [-0.05, 0) is 33.4 Å². The molecule has 52 heavy (non-hydrogen) atoms. The number of carbonyl (C=O) groups excluding carboxylic acids is 3. The number of carbonyl (C=O) groups is 3. The molecule has 0 bridgehead atoms. The number of morpholine rings is 1. The van der Waals surface area contributed by atoms with Crippen molar-refractivity contribution in [1.29, 1.82) is 0 Å². The first-order chi connectivity index (χ1) is 25.4. The Bertz CT molecular complexity index is 1830. The van der Waals surface area contributed by atoms with Gasteiger partial charge in [0.15, 0.2) is 6.29 Å². The van der Waals surface area contributed by atoms with Crippen LogP contribution in [0.4, 0.5) is 4.79 Å². The zero-order valence-corrected chi connectivity index (χ0v) is 28.9. The molecule has 1 unspecified atom stereocenters. The molecule has 4 atom stereocenters. The molecule has 2 N–H and O–H groups in total. The molecule has 3 amide bonds. The summed E-state index contributed by atoms with van der Waals surface area (Å²) < 4.78 is 23.9. The highest BCUT2D eigenvalue weighted by Crippen LogP contribution is 2.39. The van der Waals surface area contributed by atoms with Crippen LogP contribution in [0.3, 0.4) is 0 Å². The van der Waals surface area contributed by atoms with Crippen LogP contribution < -0.4 is 5.32 Å². The number of alkyl carbamates (subject to hydrolysis) is 1. The van der Waals surface area contributed by atoms with E-state index in [0.717, 1.165) is 58.6 Å². The number of imide groups is 1. The van der Waals surface area contributed by atoms with Gasteiger partial charge in [-0.25, -0.2) is 4.79 Å². The Balaban J connectivity index is 1.03. The molecule has 3 fully saturated rings. The maximum absolute atomic E-state index is 13.3.